The molecule has 2 rings (SSSR count). The molecule has 0 amide bonds. The zero-order valence-electron chi connectivity index (χ0n) is 11.0. The summed E-state index contributed by atoms with van der Waals surface area (Å²) < 4.78 is 0. The predicted octanol–water partition coefficient (Wildman–Crippen LogP) is 4.77. The average molecular weight is 257 g/mol. The molecule has 0 aromatic carbocycles. The quantitative estimate of drug-likeness (QED) is 0.665. The number of hydrogen-bond donors (Lipinski definition) is 0. The van der Waals surface area contributed by atoms with Gasteiger partial charge in [0.2, 0.25) is 5.24 Å². The SMILES string of the molecule is CC[C@H]1CC[C@H]([C@H]2CC[C@H](C(=O)Cl)CC2)CC1. The Morgan fingerprint density at radius 1 is 0.941 bits per heavy atom. The van der Waals surface area contributed by atoms with Crippen molar-refractivity contribution in [2.75, 3.05) is 0 Å². The van der Waals surface area contributed by atoms with Crippen LogP contribution in [0.15, 0.2) is 0 Å². The van der Waals surface area contributed by atoms with Gasteiger partial charge in [0, 0.05) is 5.92 Å². The van der Waals surface area contributed by atoms with Gasteiger partial charge in [0.05, 0.1) is 0 Å². The van der Waals surface area contributed by atoms with Crippen LogP contribution in [0, 0.1) is 23.7 Å². The Labute approximate surface area is 110 Å². The highest BCUT2D eigenvalue weighted by Crippen LogP contribution is 2.42. The van der Waals surface area contributed by atoms with Gasteiger partial charge in [-0.05, 0) is 67.9 Å². The van der Waals surface area contributed by atoms with Crippen molar-refractivity contribution in [2.45, 2.75) is 64.7 Å². The fourth-order valence-corrected chi connectivity index (χ4v) is 4.10. The Morgan fingerprint density at radius 3 is 1.82 bits per heavy atom. The zero-order valence-corrected chi connectivity index (χ0v) is 11.7. The van der Waals surface area contributed by atoms with E-state index in [-0.39, 0.29) is 11.2 Å². The van der Waals surface area contributed by atoms with Gasteiger partial charge in [-0.3, -0.25) is 4.79 Å². The van der Waals surface area contributed by atoms with E-state index in [9.17, 15) is 4.79 Å². The number of hydrogen-bond acceptors (Lipinski definition) is 1. The first-order valence-corrected chi connectivity index (χ1v) is 7.77. The summed E-state index contributed by atoms with van der Waals surface area (Å²) in [6, 6.07) is 0. The monoisotopic (exact) mass is 256 g/mol. The van der Waals surface area contributed by atoms with Crippen molar-refractivity contribution in [2.24, 2.45) is 23.7 Å². The van der Waals surface area contributed by atoms with E-state index in [0.29, 0.717) is 0 Å². The maximum absolute atomic E-state index is 11.1. The van der Waals surface area contributed by atoms with Crippen molar-refractivity contribution in [1.82, 2.24) is 0 Å². The van der Waals surface area contributed by atoms with E-state index in [1.807, 2.05) is 0 Å². The average Bonchev–Trinajstić information content (AvgIpc) is 2.39. The Balaban J connectivity index is 1.76. The Bertz CT molecular complexity index is 248. The molecule has 0 N–H and O–H groups in total. The second-order valence-corrected chi connectivity index (χ2v) is 6.48. The largest absolute Gasteiger partial charge is 0.281 e. The van der Waals surface area contributed by atoms with Crippen molar-refractivity contribution >= 4 is 16.8 Å². The van der Waals surface area contributed by atoms with Gasteiger partial charge in [0.25, 0.3) is 0 Å². The molecule has 0 aromatic rings. The van der Waals surface area contributed by atoms with Gasteiger partial charge in [-0.25, -0.2) is 0 Å². The van der Waals surface area contributed by atoms with E-state index in [4.69, 9.17) is 11.6 Å². The summed E-state index contributed by atoms with van der Waals surface area (Å²) in [5, 5.41) is -0.0989. The molecule has 2 saturated carbocycles. The highest BCUT2D eigenvalue weighted by atomic mass is 35.5. The van der Waals surface area contributed by atoms with Crippen molar-refractivity contribution in [3.63, 3.8) is 0 Å². The summed E-state index contributed by atoms with van der Waals surface area (Å²) in [7, 11) is 0. The molecule has 0 radical (unpaired) electrons. The lowest BCUT2D eigenvalue weighted by Crippen LogP contribution is -2.27. The second kappa shape index (κ2) is 6.22. The molecular weight excluding hydrogens is 232 g/mol. The third kappa shape index (κ3) is 3.47. The normalized spacial score (nSPS) is 38.9. The topological polar surface area (TPSA) is 17.1 Å². The Morgan fingerprint density at radius 2 is 1.41 bits per heavy atom. The summed E-state index contributed by atoms with van der Waals surface area (Å²) in [6.45, 7) is 2.32. The molecule has 0 saturated heterocycles. The molecule has 2 aliphatic carbocycles. The van der Waals surface area contributed by atoms with Crippen LogP contribution in [-0.4, -0.2) is 5.24 Å². The minimum atomic E-state index is -0.0989. The fraction of sp³-hybridized carbons (Fsp3) is 0.933. The van der Waals surface area contributed by atoms with E-state index in [0.717, 1.165) is 30.6 Å². The highest BCUT2D eigenvalue weighted by Gasteiger charge is 2.31. The van der Waals surface area contributed by atoms with E-state index in [1.165, 1.54) is 44.9 Å². The highest BCUT2D eigenvalue weighted by molar-refractivity contribution is 6.63. The molecule has 2 fully saturated rings. The first-order chi connectivity index (χ1) is 8.20. The van der Waals surface area contributed by atoms with E-state index < -0.39 is 0 Å². The summed E-state index contributed by atoms with van der Waals surface area (Å²) in [6.07, 6.45) is 11.7. The van der Waals surface area contributed by atoms with Crippen molar-refractivity contribution in [3.05, 3.63) is 0 Å². The fourth-order valence-electron chi connectivity index (χ4n) is 3.89. The standard InChI is InChI=1S/C15H25ClO/c1-2-11-3-5-12(6-4-11)13-7-9-14(10-8-13)15(16)17/h11-14H,2-10H2,1H3/t11-,12-,13-,14-. The van der Waals surface area contributed by atoms with Gasteiger partial charge in [-0.2, -0.15) is 0 Å². The number of carbonyl (C=O) groups excluding carboxylic acids is 1. The molecule has 0 spiro atoms. The van der Waals surface area contributed by atoms with Crippen molar-refractivity contribution < 1.29 is 4.79 Å². The lowest BCUT2D eigenvalue weighted by atomic mass is 9.69. The molecule has 0 atom stereocenters. The lowest BCUT2D eigenvalue weighted by Gasteiger charge is -2.37. The van der Waals surface area contributed by atoms with Gasteiger partial charge in [0.15, 0.2) is 0 Å². The molecular formula is C15H25ClO. The van der Waals surface area contributed by atoms with E-state index in [2.05, 4.69) is 6.92 Å². The van der Waals surface area contributed by atoms with Gasteiger partial charge in [-0.1, -0.05) is 26.2 Å². The van der Waals surface area contributed by atoms with Crippen LogP contribution in [0.5, 0.6) is 0 Å². The third-order valence-electron chi connectivity index (χ3n) is 5.23. The third-order valence-corrected chi connectivity index (χ3v) is 5.54. The molecule has 0 heterocycles. The van der Waals surface area contributed by atoms with Gasteiger partial charge < -0.3 is 0 Å². The van der Waals surface area contributed by atoms with Crippen LogP contribution in [0.25, 0.3) is 0 Å². The van der Waals surface area contributed by atoms with Crippen LogP contribution in [0.3, 0.4) is 0 Å². The Kier molecular flexibility index (Phi) is 4.90. The van der Waals surface area contributed by atoms with Crippen LogP contribution >= 0.6 is 11.6 Å². The van der Waals surface area contributed by atoms with Crippen LogP contribution in [0.2, 0.25) is 0 Å². The molecule has 0 aliphatic heterocycles. The van der Waals surface area contributed by atoms with Gasteiger partial charge in [0.1, 0.15) is 0 Å². The number of carbonyl (C=O) groups is 1. The summed E-state index contributed by atoms with van der Waals surface area (Å²) in [4.78, 5) is 11.1. The first-order valence-electron chi connectivity index (χ1n) is 7.40. The smallest absolute Gasteiger partial charge is 0.224 e. The summed E-state index contributed by atoms with van der Waals surface area (Å²) in [5.41, 5.74) is 0. The van der Waals surface area contributed by atoms with Crippen LogP contribution in [0.4, 0.5) is 0 Å². The minimum Gasteiger partial charge on any atom is -0.281 e. The molecule has 2 heteroatoms. The Hall–Kier alpha value is -0.0400. The molecule has 98 valence electrons. The molecule has 0 aromatic heterocycles. The van der Waals surface area contributed by atoms with E-state index in [1.54, 1.807) is 0 Å². The summed E-state index contributed by atoms with van der Waals surface area (Å²) >= 11 is 5.59. The van der Waals surface area contributed by atoms with E-state index >= 15 is 0 Å². The van der Waals surface area contributed by atoms with Crippen LogP contribution in [0.1, 0.15) is 64.7 Å². The number of halogens is 1. The molecule has 2 aliphatic rings. The van der Waals surface area contributed by atoms with Gasteiger partial charge in [-0.15, -0.1) is 0 Å². The summed E-state index contributed by atoms with van der Waals surface area (Å²) in [5.74, 6) is 3.00. The molecule has 17 heavy (non-hydrogen) atoms. The molecule has 0 bridgehead atoms. The second-order valence-electron chi connectivity index (χ2n) is 6.10. The van der Waals surface area contributed by atoms with Crippen molar-refractivity contribution in [1.29, 1.82) is 0 Å². The first kappa shape index (κ1) is 13.4. The number of rotatable bonds is 3. The zero-order chi connectivity index (χ0) is 12.3. The van der Waals surface area contributed by atoms with Crippen molar-refractivity contribution in [3.8, 4) is 0 Å². The van der Waals surface area contributed by atoms with Crippen LogP contribution in [-0.2, 0) is 4.79 Å². The van der Waals surface area contributed by atoms with Gasteiger partial charge >= 0.3 is 0 Å². The van der Waals surface area contributed by atoms with Crippen LogP contribution < -0.4 is 0 Å². The predicted molar refractivity (Wildman–Crippen MR) is 72.0 cm³/mol. The maximum atomic E-state index is 11.1. The maximum Gasteiger partial charge on any atom is 0.224 e. The lowest BCUT2D eigenvalue weighted by molar-refractivity contribution is -0.116. The molecule has 1 nitrogen and oxygen atoms in total. The molecule has 0 unspecified atom stereocenters. The minimum absolute atomic E-state index is 0.0989.